The van der Waals surface area contributed by atoms with Crippen LogP contribution >= 0.6 is 0 Å². The number of rotatable bonds is 7. The Morgan fingerprint density at radius 1 is 0.974 bits per heavy atom. The number of esters is 1. The van der Waals surface area contributed by atoms with Crippen molar-refractivity contribution < 1.29 is 28.5 Å². The summed E-state index contributed by atoms with van der Waals surface area (Å²) in [6.07, 6.45) is 0. The largest absolute Gasteiger partial charge is 0.493 e. The first-order valence-electron chi connectivity index (χ1n) is 12.0. The van der Waals surface area contributed by atoms with Crippen molar-refractivity contribution in [2.75, 3.05) is 20.8 Å². The molecule has 1 unspecified atom stereocenters. The summed E-state index contributed by atoms with van der Waals surface area (Å²) < 4.78 is 27.6. The molecule has 3 aromatic carbocycles. The maximum absolute atomic E-state index is 12.5. The van der Waals surface area contributed by atoms with Crippen LogP contribution in [-0.2, 0) is 10.2 Å². The van der Waals surface area contributed by atoms with Crippen LogP contribution in [0.5, 0.6) is 28.7 Å². The first-order valence-corrected chi connectivity index (χ1v) is 12.0. The molecule has 0 amide bonds. The van der Waals surface area contributed by atoms with Crippen LogP contribution in [0.1, 0.15) is 43.4 Å². The molecule has 0 bridgehead atoms. The zero-order chi connectivity index (χ0) is 27.4. The standard InChI is InChI=1S/C30H30N2O6/c1-30(2,3)19-7-9-20(10-8-19)36-17-27(33)37-21-11-12-22-25(15-21)38-29(32)23(16-31)28(22)18-6-13-24(34-4)26(14-18)35-5/h6-15,28H,17,32H2,1-5H3. The van der Waals surface area contributed by atoms with Crippen LogP contribution in [-0.4, -0.2) is 26.8 Å². The van der Waals surface area contributed by atoms with E-state index in [2.05, 4.69) is 26.8 Å². The van der Waals surface area contributed by atoms with E-state index in [-0.39, 0.29) is 29.2 Å². The molecule has 196 valence electrons. The van der Waals surface area contributed by atoms with Crippen LogP contribution in [0.15, 0.2) is 72.1 Å². The molecule has 8 nitrogen and oxygen atoms in total. The molecule has 0 saturated carbocycles. The molecule has 0 radical (unpaired) electrons. The number of hydrogen-bond acceptors (Lipinski definition) is 8. The first-order chi connectivity index (χ1) is 18.1. The molecule has 0 saturated heterocycles. The van der Waals surface area contributed by atoms with Gasteiger partial charge in [0.2, 0.25) is 5.88 Å². The van der Waals surface area contributed by atoms with Gasteiger partial charge in [-0.3, -0.25) is 0 Å². The number of allylic oxidation sites excluding steroid dienone is 1. The predicted molar refractivity (Wildman–Crippen MR) is 142 cm³/mol. The van der Waals surface area contributed by atoms with Crippen molar-refractivity contribution in [2.24, 2.45) is 5.73 Å². The molecule has 0 spiro atoms. The average molecular weight is 515 g/mol. The Morgan fingerprint density at radius 3 is 2.29 bits per heavy atom. The second-order valence-corrected chi connectivity index (χ2v) is 9.78. The van der Waals surface area contributed by atoms with Gasteiger partial charge in [-0.1, -0.05) is 45.0 Å². The van der Waals surface area contributed by atoms with E-state index < -0.39 is 11.9 Å². The number of fused-ring (bicyclic) bond motifs is 1. The number of methoxy groups -OCH3 is 2. The van der Waals surface area contributed by atoms with Gasteiger partial charge in [0.15, 0.2) is 18.1 Å². The Morgan fingerprint density at radius 2 is 1.66 bits per heavy atom. The molecule has 3 aromatic rings. The van der Waals surface area contributed by atoms with Crippen LogP contribution in [0.25, 0.3) is 0 Å². The lowest BCUT2D eigenvalue weighted by Crippen LogP contribution is -2.22. The van der Waals surface area contributed by atoms with E-state index in [1.165, 1.54) is 5.56 Å². The summed E-state index contributed by atoms with van der Waals surface area (Å²) in [5, 5.41) is 9.82. The normalized spacial score (nSPS) is 14.6. The molecule has 8 heteroatoms. The molecule has 1 atom stereocenters. The summed E-state index contributed by atoms with van der Waals surface area (Å²) in [6, 6.07) is 20.1. The molecule has 4 rings (SSSR count). The molecule has 0 fully saturated rings. The van der Waals surface area contributed by atoms with E-state index in [4.69, 9.17) is 29.4 Å². The van der Waals surface area contributed by atoms with Crippen LogP contribution in [0.4, 0.5) is 0 Å². The number of carbonyl (C=O) groups is 1. The van der Waals surface area contributed by atoms with Gasteiger partial charge in [-0.2, -0.15) is 5.26 Å². The number of ether oxygens (including phenoxy) is 5. The second kappa shape index (κ2) is 10.8. The van der Waals surface area contributed by atoms with Crippen molar-refractivity contribution >= 4 is 5.97 Å². The van der Waals surface area contributed by atoms with E-state index in [0.717, 1.165) is 5.56 Å². The Kier molecular flexibility index (Phi) is 7.49. The molecule has 1 aliphatic heterocycles. The van der Waals surface area contributed by atoms with Gasteiger partial charge >= 0.3 is 5.97 Å². The highest BCUT2D eigenvalue weighted by Crippen LogP contribution is 2.45. The SMILES string of the molecule is COc1ccc(C2C(C#N)=C(N)Oc3cc(OC(=O)COc4ccc(C(C)(C)C)cc4)ccc32)cc1OC. The fraction of sp³-hybridized carbons (Fsp3) is 0.267. The lowest BCUT2D eigenvalue weighted by atomic mass is 9.83. The summed E-state index contributed by atoms with van der Waals surface area (Å²) >= 11 is 0. The van der Waals surface area contributed by atoms with Gasteiger partial charge in [0.1, 0.15) is 28.9 Å². The summed E-state index contributed by atoms with van der Waals surface area (Å²) in [5.74, 6) is 1.20. The van der Waals surface area contributed by atoms with Crippen LogP contribution in [0.2, 0.25) is 0 Å². The van der Waals surface area contributed by atoms with Gasteiger partial charge in [0.25, 0.3) is 0 Å². The zero-order valence-corrected chi connectivity index (χ0v) is 22.0. The van der Waals surface area contributed by atoms with Gasteiger partial charge in [0, 0.05) is 11.6 Å². The third kappa shape index (κ3) is 5.52. The highest BCUT2D eigenvalue weighted by molar-refractivity contribution is 5.74. The highest BCUT2D eigenvalue weighted by atomic mass is 16.6. The number of benzene rings is 3. The Balaban J connectivity index is 1.52. The van der Waals surface area contributed by atoms with E-state index in [0.29, 0.717) is 28.6 Å². The van der Waals surface area contributed by atoms with E-state index >= 15 is 0 Å². The number of carbonyl (C=O) groups excluding carboxylic acids is 1. The van der Waals surface area contributed by atoms with Gasteiger partial charge < -0.3 is 29.4 Å². The quantitative estimate of drug-likeness (QED) is 0.338. The number of nitrogens with zero attached hydrogens (tertiary/aromatic N) is 1. The lowest BCUT2D eigenvalue weighted by molar-refractivity contribution is -0.136. The van der Waals surface area contributed by atoms with Gasteiger partial charge in [0.05, 0.1) is 20.1 Å². The molecule has 0 aliphatic carbocycles. The topological polar surface area (TPSA) is 113 Å². The first kappa shape index (κ1) is 26.4. The number of nitriles is 1. The summed E-state index contributed by atoms with van der Waals surface area (Å²) in [4.78, 5) is 12.5. The van der Waals surface area contributed by atoms with E-state index in [1.807, 2.05) is 30.3 Å². The van der Waals surface area contributed by atoms with Crippen LogP contribution in [0, 0.1) is 11.3 Å². The monoisotopic (exact) mass is 514 g/mol. The van der Waals surface area contributed by atoms with Crippen molar-refractivity contribution in [1.82, 2.24) is 0 Å². The van der Waals surface area contributed by atoms with Crippen LogP contribution in [0.3, 0.4) is 0 Å². The molecule has 1 aliphatic rings. The Bertz CT molecular complexity index is 1410. The minimum Gasteiger partial charge on any atom is -0.493 e. The predicted octanol–water partition coefficient (Wildman–Crippen LogP) is 5.20. The average Bonchev–Trinajstić information content (AvgIpc) is 2.90. The maximum atomic E-state index is 12.5. The summed E-state index contributed by atoms with van der Waals surface area (Å²) in [7, 11) is 3.09. The maximum Gasteiger partial charge on any atom is 0.349 e. The third-order valence-electron chi connectivity index (χ3n) is 6.24. The molecule has 1 heterocycles. The van der Waals surface area contributed by atoms with E-state index in [1.54, 1.807) is 44.6 Å². The fourth-order valence-corrected chi connectivity index (χ4v) is 4.23. The Labute approximate surface area is 222 Å². The second-order valence-electron chi connectivity index (χ2n) is 9.78. The Hall–Kier alpha value is -4.64. The van der Waals surface area contributed by atoms with Crippen molar-refractivity contribution in [1.29, 1.82) is 5.26 Å². The van der Waals surface area contributed by atoms with Crippen LogP contribution < -0.4 is 29.4 Å². The molecule has 2 N–H and O–H groups in total. The number of hydrogen-bond donors (Lipinski definition) is 1. The summed E-state index contributed by atoms with van der Waals surface area (Å²) in [6.45, 7) is 6.12. The smallest absolute Gasteiger partial charge is 0.349 e. The van der Waals surface area contributed by atoms with Crippen molar-refractivity contribution in [3.63, 3.8) is 0 Å². The van der Waals surface area contributed by atoms with Crippen molar-refractivity contribution in [2.45, 2.75) is 32.1 Å². The van der Waals surface area contributed by atoms with Crippen molar-refractivity contribution in [3.05, 3.63) is 88.8 Å². The van der Waals surface area contributed by atoms with Gasteiger partial charge in [-0.05, 0) is 46.9 Å². The molecular weight excluding hydrogens is 484 g/mol. The molecule has 0 aromatic heterocycles. The highest BCUT2D eigenvalue weighted by Gasteiger charge is 2.31. The lowest BCUT2D eigenvalue weighted by Gasteiger charge is -2.27. The minimum atomic E-state index is -0.571. The van der Waals surface area contributed by atoms with Gasteiger partial charge in [-0.25, -0.2) is 4.79 Å². The molecule has 38 heavy (non-hydrogen) atoms. The zero-order valence-electron chi connectivity index (χ0n) is 22.0. The fourth-order valence-electron chi connectivity index (χ4n) is 4.23. The van der Waals surface area contributed by atoms with E-state index in [9.17, 15) is 10.1 Å². The third-order valence-corrected chi connectivity index (χ3v) is 6.24. The number of nitrogens with two attached hydrogens (primary N) is 1. The van der Waals surface area contributed by atoms with Gasteiger partial charge in [-0.15, -0.1) is 0 Å². The summed E-state index contributed by atoms with van der Waals surface area (Å²) in [5.41, 5.74) is 9.03. The van der Waals surface area contributed by atoms with Crippen molar-refractivity contribution in [3.8, 4) is 34.8 Å². The molecular formula is C30H30N2O6. The minimum absolute atomic E-state index is 0.0229.